The molecule has 1 aliphatic heterocycles. The van der Waals surface area contributed by atoms with Crippen molar-refractivity contribution in [2.24, 2.45) is 0 Å². The maximum absolute atomic E-state index is 2.76. The Balaban J connectivity index is 1.84. The summed E-state index contributed by atoms with van der Waals surface area (Å²) in [5.74, 6) is 0. The molecule has 1 saturated heterocycles. The van der Waals surface area contributed by atoms with Gasteiger partial charge in [0.25, 0.3) is 0 Å². The Morgan fingerprint density at radius 2 is 1.85 bits per heavy atom. The lowest BCUT2D eigenvalue weighted by Crippen LogP contribution is -2.42. The van der Waals surface area contributed by atoms with Crippen molar-refractivity contribution >= 4 is 11.8 Å². The molecule has 0 spiro atoms. The molecule has 0 amide bonds. The van der Waals surface area contributed by atoms with Crippen LogP contribution >= 0.6 is 11.8 Å². The monoisotopic (exact) mass is 199 g/mol. The smallest absolute Gasteiger partial charge is 0.0172 e. The fraction of sp³-hybridized carbons (Fsp3) is 1.00. The Kier molecular flexibility index (Phi) is 3.56. The van der Waals surface area contributed by atoms with Gasteiger partial charge in [-0.15, -0.1) is 0 Å². The van der Waals surface area contributed by atoms with Crippen LogP contribution in [0, 0.1) is 0 Å². The molecule has 0 radical (unpaired) electrons. The Hall–Kier alpha value is 0.310. The Bertz CT molecular complexity index is 154. The van der Waals surface area contributed by atoms with E-state index in [4.69, 9.17) is 0 Å². The van der Waals surface area contributed by atoms with Gasteiger partial charge in [-0.1, -0.05) is 12.8 Å². The third kappa shape index (κ3) is 2.41. The van der Waals surface area contributed by atoms with Crippen molar-refractivity contribution in [3.8, 4) is 0 Å². The van der Waals surface area contributed by atoms with Gasteiger partial charge in [0.15, 0.2) is 0 Å². The third-order valence-corrected chi connectivity index (χ3v) is 4.64. The lowest BCUT2D eigenvalue weighted by atomic mass is 10.1. The van der Waals surface area contributed by atoms with Crippen LogP contribution < -0.4 is 0 Å². The molecule has 2 heteroatoms. The first-order chi connectivity index (χ1) is 6.40. The summed E-state index contributed by atoms with van der Waals surface area (Å²) >= 11 is 2.07. The number of nitrogens with zero attached hydrogens (tertiary/aromatic N) is 1. The summed E-state index contributed by atoms with van der Waals surface area (Å²) in [6.07, 6.45) is 11.0. The number of piperidine rings is 1. The first-order valence-corrected chi connectivity index (χ1v) is 6.96. The van der Waals surface area contributed by atoms with Gasteiger partial charge >= 0.3 is 0 Å². The molecule has 2 rings (SSSR count). The minimum Gasteiger partial charge on any atom is -0.299 e. The van der Waals surface area contributed by atoms with Gasteiger partial charge in [0, 0.05) is 17.8 Å². The van der Waals surface area contributed by atoms with Crippen molar-refractivity contribution in [1.82, 2.24) is 4.90 Å². The molecule has 0 aromatic carbocycles. The molecular formula is C11H21NS. The van der Waals surface area contributed by atoms with Gasteiger partial charge in [-0.3, -0.25) is 4.90 Å². The van der Waals surface area contributed by atoms with Gasteiger partial charge in [0.2, 0.25) is 0 Å². The molecule has 1 saturated carbocycles. The predicted molar refractivity (Wildman–Crippen MR) is 60.4 cm³/mol. The molecule has 2 aliphatic rings. The molecule has 1 unspecified atom stereocenters. The van der Waals surface area contributed by atoms with Crippen molar-refractivity contribution in [2.75, 3.05) is 19.3 Å². The molecule has 2 fully saturated rings. The van der Waals surface area contributed by atoms with E-state index in [1.54, 1.807) is 0 Å². The third-order valence-electron chi connectivity index (χ3n) is 3.58. The van der Waals surface area contributed by atoms with Crippen LogP contribution in [-0.2, 0) is 0 Å². The zero-order valence-corrected chi connectivity index (χ0v) is 9.48. The van der Waals surface area contributed by atoms with E-state index in [1.165, 1.54) is 51.6 Å². The quantitative estimate of drug-likeness (QED) is 0.673. The molecule has 1 aliphatic carbocycles. The van der Waals surface area contributed by atoms with Gasteiger partial charge in [0.05, 0.1) is 0 Å². The van der Waals surface area contributed by atoms with Crippen LogP contribution in [0.5, 0.6) is 0 Å². The standard InChI is InChI=1S/C11H21NS/c1-13-11-7-4-8-12(9-11)10-5-2-3-6-10/h10-11H,2-9H2,1H3. The van der Waals surface area contributed by atoms with Crippen molar-refractivity contribution in [3.63, 3.8) is 0 Å². The molecule has 0 aromatic heterocycles. The van der Waals surface area contributed by atoms with Crippen LogP contribution in [0.25, 0.3) is 0 Å². The maximum Gasteiger partial charge on any atom is 0.0172 e. The highest BCUT2D eigenvalue weighted by Crippen LogP contribution is 2.28. The Morgan fingerprint density at radius 1 is 1.08 bits per heavy atom. The highest BCUT2D eigenvalue weighted by atomic mass is 32.2. The molecule has 1 atom stereocenters. The second-order valence-electron chi connectivity index (χ2n) is 4.43. The molecule has 1 nitrogen and oxygen atoms in total. The lowest BCUT2D eigenvalue weighted by Gasteiger charge is -2.36. The zero-order chi connectivity index (χ0) is 9.10. The van der Waals surface area contributed by atoms with E-state index in [2.05, 4.69) is 22.9 Å². The number of likely N-dealkylation sites (tertiary alicyclic amines) is 1. The van der Waals surface area contributed by atoms with E-state index >= 15 is 0 Å². The van der Waals surface area contributed by atoms with Crippen LogP contribution in [0.3, 0.4) is 0 Å². The Morgan fingerprint density at radius 3 is 2.54 bits per heavy atom. The van der Waals surface area contributed by atoms with Crippen LogP contribution in [0.4, 0.5) is 0 Å². The minimum absolute atomic E-state index is 0.925. The number of hydrogen-bond acceptors (Lipinski definition) is 2. The maximum atomic E-state index is 2.76. The van der Waals surface area contributed by atoms with E-state index < -0.39 is 0 Å². The lowest BCUT2D eigenvalue weighted by molar-refractivity contribution is 0.169. The topological polar surface area (TPSA) is 3.24 Å². The van der Waals surface area contributed by atoms with E-state index in [1.807, 2.05) is 0 Å². The normalized spacial score (nSPS) is 32.5. The van der Waals surface area contributed by atoms with Gasteiger partial charge < -0.3 is 0 Å². The second kappa shape index (κ2) is 4.70. The van der Waals surface area contributed by atoms with Gasteiger partial charge in [-0.05, 0) is 38.5 Å². The summed E-state index contributed by atoms with van der Waals surface area (Å²) in [7, 11) is 0. The van der Waals surface area contributed by atoms with Crippen molar-refractivity contribution in [2.45, 2.75) is 49.8 Å². The summed E-state index contributed by atoms with van der Waals surface area (Å²) in [5.41, 5.74) is 0. The summed E-state index contributed by atoms with van der Waals surface area (Å²) in [6.45, 7) is 2.74. The van der Waals surface area contributed by atoms with E-state index in [0.29, 0.717) is 0 Å². The van der Waals surface area contributed by atoms with Crippen molar-refractivity contribution in [1.29, 1.82) is 0 Å². The SMILES string of the molecule is CSC1CCCN(C2CCCC2)C1. The van der Waals surface area contributed by atoms with Gasteiger partial charge in [-0.2, -0.15) is 11.8 Å². The number of rotatable bonds is 2. The molecule has 1 heterocycles. The number of hydrogen-bond donors (Lipinski definition) is 0. The molecule has 0 aromatic rings. The van der Waals surface area contributed by atoms with Gasteiger partial charge in [-0.25, -0.2) is 0 Å². The fourth-order valence-electron chi connectivity index (χ4n) is 2.76. The average molecular weight is 199 g/mol. The highest BCUT2D eigenvalue weighted by Gasteiger charge is 2.27. The molecule has 0 bridgehead atoms. The zero-order valence-electron chi connectivity index (χ0n) is 8.67. The van der Waals surface area contributed by atoms with E-state index in [-0.39, 0.29) is 0 Å². The average Bonchev–Trinajstić information content (AvgIpc) is 2.71. The van der Waals surface area contributed by atoms with Crippen molar-refractivity contribution < 1.29 is 0 Å². The molecule has 76 valence electrons. The van der Waals surface area contributed by atoms with Crippen LogP contribution in [0.15, 0.2) is 0 Å². The Labute approximate surface area is 86.3 Å². The minimum atomic E-state index is 0.925. The molecule has 13 heavy (non-hydrogen) atoms. The van der Waals surface area contributed by atoms with E-state index in [9.17, 15) is 0 Å². The molecular weight excluding hydrogens is 178 g/mol. The predicted octanol–water partition coefficient (Wildman–Crippen LogP) is 2.76. The second-order valence-corrected chi connectivity index (χ2v) is 5.57. The fourth-order valence-corrected chi connectivity index (χ4v) is 3.50. The van der Waals surface area contributed by atoms with Crippen LogP contribution in [0.2, 0.25) is 0 Å². The molecule has 0 N–H and O–H groups in total. The van der Waals surface area contributed by atoms with Crippen LogP contribution in [0.1, 0.15) is 38.5 Å². The first-order valence-electron chi connectivity index (χ1n) is 5.67. The number of thioether (sulfide) groups is 1. The van der Waals surface area contributed by atoms with E-state index in [0.717, 1.165) is 11.3 Å². The summed E-state index contributed by atoms with van der Waals surface area (Å²) in [5, 5.41) is 0.925. The largest absolute Gasteiger partial charge is 0.299 e. The van der Waals surface area contributed by atoms with Gasteiger partial charge in [0.1, 0.15) is 0 Å². The summed E-state index contributed by atoms with van der Waals surface area (Å²) in [6, 6.07) is 0.954. The highest BCUT2D eigenvalue weighted by molar-refractivity contribution is 7.99. The summed E-state index contributed by atoms with van der Waals surface area (Å²) < 4.78 is 0. The van der Waals surface area contributed by atoms with Crippen LogP contribution in [-0.4, -0.2) is 35.5 Å². The van der Waals surface area contributed by atoms with Crippen molar-refractivity contribution in [3.05, 3.63) is 0 Å². The summed E-state index contributed by atoms with van der Waals surface area (Å²) in [4.78, 5) is 2.76. The first kappa shape index (κ1) is 9.85.